The van der Waals surface area contributed by atoms with Crippen LogP contribution in [0.15, 0.2) is 23.3 Å². The minimum absolute atomic E-state index is 0.00828. The Morgan fingerprint density at radius 1 is 1.00 bits per heavy atom. The molecular formula is C23H34BN5O7. The number of H-pyrrole nitrogens is 1. The molecule has 1 N–H and O–H groups in total. The monoisotopic (exact) mass is 503 g/mol. The maximum absolute atomic E-state index is 13.2. The molecule has 0 bridgehead atoms. The van der Waals surface area contributed by atoms with Crippen LogP contribution in [0.3, 0.4) is 0 Å². The lowest BCUT2D eigenvalue weighted by atomic mass is 9.84. The lowest BCUT2D eigenvalue weighted by Gasteiger charge is -2.32. The standard InChI is InChI=1S/C23H34BN5O7/c1-20(2,3)33-18(31)28(16-12-25-13-17(30)26-16)15-11-14(24-35-22(7,8)23(9,10)36-24)29(27-15)19(32)34-21(4,5)6/h11-13H,1-10H3,(H,26,30). The third kappa shape index (κ3) is 5.96. The number of carbonyl (C=O) groups excluding carboxylic acids is 2. The molecule has 13 heteroatoms. The Bertz CT molecular complexity index is 1190. The topological polar surface area (TPSA) is 138 Å². The largest absolute Gasteiger partial charge is 0.515 e. The van der Waals surface area contributed by atoms with Gasteiger partial charge in [0, 0.05) is 6.07 Å². The van der Waals surface area contributed by atoms with Crippen molar-refractivity contribution in [2.24, 2.45) is 0 Å². The molecule has 1 saturated heterocycles. The fourth-order valence-electron chi connectivity index (χ4n) is 3.18. The van der Waals surface area contributed by atoms with Crippen molar-refractivity contribution < 1.29 is 28.4 Å². The van der Waals surface area contributed by atoms with Crippen molar-refractivity contribution >= 4 is 36.5 Å². The highest BCUT2D eigenvalue weighted by atomic mass is 16.7. The Kier molecular flexibility index (Phi) is 6.88. The number of nitrogens with one attached hydrogen (secondary N) is 1. The van der Waals surface area contributed by atoms with Gasteiger partial charge in [0.1, 0.15) is 17.0 Å². The van der Waals surface area contributed by atoms with E-state index in [9.17, 15) is 14.4 Å². The van der Waals surface area contributed by atoms with Crippen LogP contribution in [0.1, 0.15) is 69.2 Å². The van der Waals surface area contributed by atoms with Crippen LogP contribution >= 0.6 is 0 Å². The Hall–Kier alpha value is -3.19. The van der Waals surface area contributed by atoms with Crippen LogP contribution in [0.25, 0.3) is 0 Å². The van der Waals surface area contributed by atoms with E-state index >= 15 is 0 Å². The predicted octanol–water partition coefficient (Wildman–Crippen LogP) is 3.12. The molecule has 36 heavy (non-hydrogen) atoms. The van der Waals surface area contributed by atoms with E-state index < -0.39 is 47.3 Å². The van der Waals surface area contributed by atoms with E-state index in [2.05, 4.69) is 15.1 Å². The molecule has 2 aromatic rings. The number of aromatic amines is 1. The summed E-state index contributed by atoms with van der Waals surface area (Å²) in [5.41, 5.74) is -3.45. The number of carbonyl (C=O) groups is 2. The number of rotatable bonds is 3. The first-order valence-corrected chi connectivity index (χ1v) is 11.6. The van der Waals surface area contributed by atoms with Gasteiger partial charge >= 0.3 is 19.3 Å². The van der Waals surface area contributed by atoms with Gasteiger partial charge < -0.3 is 23.8 Å². The highest BCUT2D eigenvalue weighted by Gasteiger charge is 2.53. The van der Waals surface area contributed by atoms with E-state index in [1.807, 2.05) is 27.7 Å². The summed E-state index contributed by atoms with van der Waals surface area (Å²) >= 11 is 0. The number of hydrogen-bond acceptors (Lipinski definition) is 9. The Morgan fingerprint density at radius 3 is 2.06 bits per heavy atom. The predicted molar refractivity (Wildman–Crippen MR) is 133 cm³/mol. The van der Waals surface area contributed by atoms with Crippen molar-refractivity contribution in [3.63, 3.8) is 0 Å². The van der Waals surface area contributed by atoms with Gasteiger partial charge in [0.2, 0.25) is 0 Å². The summed E-state index contributed by atoms with van der Waals surface area (Å²) in [6, 6.07) is 1.45. The maximum Gasteiger partial charge on any atom is 0.515 e. The van der Waals surface area contributed by atoms with E-state index in [0.717, 1.165) is 15.8 Å². The average Bonchev–Trinajstić information content (AvgIpc) is 3.18. The fourth-order valence-corrected chi connectivity index (χ4v) is 3.18. The number of nitrogens with zero attached hydrogens (tertiary/aromatic N) is 4. The second-order valence-corrected chi connectivity index (χ2v) is 11.5. The number of ether oxygens (including phenoxy) is 2. The molecule has 1 aliphatic heterocycles. The third-order valence-electron chi connectivity index (χ3n) is 5.47. The van der Waals surface area contributed by atoms with Crippen LogP contribution in [-0.4, -0.2) is 61.5 Å². The van der Waals surface area contributed by atoms with Gasteiger partial charge in [-0.1, -0.05) is 0 Å². The lowest BCUT2D eigenvalue weighted by molar-refractivity contribution is 0.00578. The summed E-state index contributed by atoms with van der Waals surface area (Å²) in [6.07, 6.45) is 0.681. The van der Waals surface area contributed by atoms with Crippen molar-refractivity contribution in [2.75, 3.05) is 4.90 Å². The molecule has 0 aliphatic carbocycles. The van der Waals surface area contributed by atoms with Crippen LogP contribution < -0.4 is 16.1 Å². The highest BCUT2D eigenvalue weighted by Crippen LogP contribution is 2.37. The van der Waals surface area contributed by atoms with Crippen molar-refractivity contribution in [2.45, 2.75) is 91.6 Å². The van der Waals surface area contributed by atoms with Crippen LogP contribution in [0, 0.1) is 0 Å². The quantitative estimate of drug-likeness (QED) is 0.626. The van der Waals surface area contributed by atoms with Crippen molar-refractivity contribution in [1.82, 2.24) is 19.7 Å². The van der Waals surface area contributed by atoms with Crippen LogP contribution in [0.2, 0.25) is 0 Å². The molecule has 0 radical (unpaired) electrons. The SMILES string of the molecule is CC(C)(C)OC(=O)N(c1cc(B2OC(C)(C)C(C)(C)O2)n(C(=O)OC(C)(C)C)n1)c1cncc(=O)[nH]1. The molecule has 2 aromatic heterocycles. The second-order valence-electron chi connectivity index (χ2n) is 11.5. The minimum atomic E-state index is -1.00. The van der Waals surface area contributed by atoms with Gasteiger partial charge in [0.25, 0.3) is 5.56 Å². The zero-order chi connectivity index (χ0) is 27.3. The fraction of sp³-hybridized carbons (Fsp3) is 0.609. The Labute approximate surface area is 210 Å². The molecule has 12 nitrogen and oxygen atoms in total. The average molecular weight is 503 g/mol. The molecule has 3 rings (SSSR count). The summed E-state index contributed by atoms with van der Waals surface area (Å²) in [6.45, 7) is 17.7. The van der Waals surface area contributed by atoms with Crippen molar-refractivity contribution in [3.05, 3.63) is 28.8 Å². The molecule has 0 unspecified atom stereocenters. The van der Waals surface area contributed by atoms with Gasteiger partial charge in [-0.25, -0.2) is 14.5 Å². The zero-order valence-corrected chi connectivity index (χ0v) is 22.5. The first-order valence-electron chi connectivity index (χ1n) is 11.6. The molecule has 196 valence electrons. The first-order chi connectivity index (χ1) is 16.3. The van der Waals surface area contributed by atoms with Crippen LogP contribution in [0.5, 0.6) is 0 Å². The van der Waals surface area contributed by atoms with Gasteiger partial charge in [0.05, 0.1) is 29.2 Å². The van der Waals surface area contributed by atoms with Crippen LogP contribution in [-0.2, 0) is 18.8 Å². The molecule has 1 aliphatic rings. The summed E-state index contributed by atoms with van der Waals surface area (Å²) in [5.74, 6) is -0.0467. The molecule has 0 spiro atoms. The maximum atomic E-state index is 13.2. The summed E-state index contributed by atoms with van der Waals surface area (Å²) in [7, 11) is -1.00. The van der Waals surface area contributed by atoms with E-state index in [1.165, 1.54) is 12.3 Å². The van der Waals surface area contributed by atoms with Gasteiger partial charge in [-0.3, -0.25) is 9.78 Å². The molecule has 0 aromatic carbocycles. The van der Waals surface area contributed by atoms with Crippen LogP contribution in [0.4, 0.5) is 21.2 Å². The molecule has 1 amide bonds. The molecule has 0 saturated carbocycles. The smallest absolute Gasteiger partial charge is 0.443 e. The van der Waals surface area contributed by atoms with E-state index in [1.54, 1.807) is 41.5 Å². The van der Waals surface area contributed by atoms with Crippen molar-refractivity contribution in [3.8, 4) is 0 Å². The zero-order valence-electron chi connectivity index (χ0n) is 22.5. The van der Waals surface area contributed by atoms with Gasteiger partial charge in [-0.2, -0.15) is 4.68 Å². The lowest BCUT2D eigenvalue weighted by Crippen LogP contribution is -2.43. The van der Waals surface area contributed by atoms with Gasteiger partial charge in [0.15, 0.2) is 5.82 Å². The van der Waals surface area contributed by atoms with Crippen molar-refractivity contribution in [1.29, 1.82) is 0 Å². The van der Waals surface area contributed by atoms with Gasteiger partial charge in [-0.05, 0) is 69.2 Å². The normalized spacial score (nSPS) is 17.1. The number of amides is 1. The van der Waals surface area contributed by atoms with Gasteiger partial charge in [-0.15, -0.1) is 5.10 Å². The molecule has 0 atom stereocenters. The highest BCUT2D eigenvalue weighted by molar-refractivity contribution is 6.61. The number of aromatic nitrogens is 4. The first kappa shape index (κ1) is 27.4. The summed E-state index contributed by atoms with van der Waals surface area (Å²) < 4.78 is 24.3. The van der Waals surface area contributed by atoms with E-state index in [4.69, 9.17) is 18.8 Å². The summed E-state index contributed by atoms with van der Waals surface area (Å²) in [5, 5.41) is 4.35. The minimum Gasteiger partial charge on any atom is -0.443 e. The third-order valence-corrected chi connectivity index (χ3v) is 5.47. The summed E-state index contributed by atoms with van der Waals surface area (Å²) in [4.78, 5) is 45.8. The van der Waals surface area contributed by atoms with E-state index in [0.29, 0.717) is 0 Å². The Morgan fingerprint density at radius 2 is 1.56 bits per heavy atom. The number of hydrogen-bond donors (Lipinski definition) is 1. The van der Waals surface area contributed by atoms with E-state index in [-0.39, 0.29) is 17.2 Å². The molecule has 3 heterocycles. The molecular weight excluding hydrogens is 469 g/mol. The molecule has 1 fully saturated rings. The second kappa shape index (κ2) is 9.04. The number of anilines is 2. The Balaban J connectivity index is 2.17.